The molecule has 0 spiro atoms. The van der Waals surface area contributed by atoms with E-state index in [1.54, 1.807) is 12.1 Å². The van der Waals surface area contributed by atoms with E-state index in [0.29, 0.717) is 18.6 Å². The van der Waals surface area contributed by atoms with Gasteiger partial charge in [-0.3, -0.25) is 24.2 Å². The average molecular weight is 479 g/mol. The zero-order valence-corrected chi connectivity index (χ0v) is 17.8. The van der Waals surface area contributed by atoms with E-state index in [0.717, 1.165) is 0 Å². The molecular weight excluding hydrogens is 456 g/mol. The number of anilines is 4. The molecule has 0 aliphatic carbocycles. The van der Waals surface area contributed by atoms with E-state index < -0.39 is 41.9 Å². The minimum atomic E-state index is -1.33. The van der Waals surface area contributed by atoms with E-state index in [9.17, 15) is 29.1 Å². The number of nitrogens with zero attached hydrogens (tertiary/aromatic N) is 2. The smallest absolute Gasteiger partial charge is 0.326 e. The molecule has 2 amide bonds. The molecule has 34 heavy (non-hydrogen) atoms. The molecule has 0 saturated heterocycles. The van der Waals surface area contributed by atoms with Gasteiger partial charge in [0.2, 0.25) is 12.4 Å². The van der Waals surface area contributed by atoms with E-state index in [1.807, 2.05) is 0 Å². The lowest BCUT2D eigenvalue weighted by molar-refractivity contribution is -0.140. The van der Waals surface area contributed by atoms with Gasteiger partial charge < -0.3 is 36.8 Å². The van der Waals surface area contributed by atoms with Crippen molar-refractivity contribution in [1.82, 2.24) is 15.3 Å². The van der Waals surface area contributed by atoms with Crippen molar-refractivity contribution in [3.63, 3.8) is 0 Å². The van der Waals surface area contributed by atoms with Crippen LogP contribution in [0.2, 0.25) is 0 Å². The molecular formula is C20H23N7O7. The third-order valence-corrected chi connectivity index (χ3v) is 5.12. The normalized spacial score (nSPS) is 15.4. The second kappa shape index (κ2) is 10.3. The highest BCUT2D eigenvalue weighted by atomic mass is 16.4. The molecule has 0 bridgehead atoms. The minimum absolute atomic E-state index is 0.0603. The summed E-state index contributed by atoms with van der Waals surface area (Å²) in [6, 6.07) is 4.36. The molecule has 2 heterocycles. The van der Waals surface area contributed by atoms with Crippen LogP contribution in [0.5, 0.6) is 0 Å². The largest absolute Gasteiger partial charge is 0.481 e. The van der Waals surface area contributed by atoms with Gasteiger partial charge in [-0.1, -0.05) is 0 Å². The number of nitrogens with two attached hydrogens (primary N) is 1. The number of aromatic nitrogens is 2. The molecule has 180 valence electrons. The summed E-state index contributed by atoms with van der Waals surface area (Å²) in [5.41, 5.74) is 5.84. The summed E-state index contributed by atoms with van der Waals surface area (Å²) in [6.07, 6.45) is -0.101. The van der Waals surface area contributed by atoms with Gasteiger partial charge >= 0.3 is 11.9 Å². The Balaban J connectivity index is 1.62. The number of hydrogen-bond acceptors (Lipinski definition) is 9. The van der Waals surface area contributed by atoms with Crippen molar-refractivity contribution in [3.8, 4) is 0 Å². The highest BCUT2D eigenvalue weighted by Crippen LogP contribution is 2.25. The third kappa shape index (κ3) is 5.59. The monoisotopic (exact) mass is 479 g/mol. The number of carbonyl (C=O) groups excluding carboxylic acids is 2. The Morgan fingerprint density at radius 2 is 1.97 bits per heavy atom. The second-order valence-electron chi connectivity index (χ2n) is 7.45. The highest BCUT2D eigenvalue weighted by molar-refractivity contribution is 5.97. The Morgan fingerprint density at radius 3 is 2.59 bits per heavy atom. The number of carboxylic acids is 2. The topological polar surface area (TPSA) is 220 Å². The molecule has 14 nitrogen and oxygen atoms in total. The lowest BCUT2D eigenvalue weighted by Gasteiger charge is -2.34. The number of nitrogens with one attached hydrogen (secondary N) is 4. The molecule has 8 N–H and O–H groups in total. The van der Waals surface area contributed by atoms with Gasteiger partial charge in [0.05, 0.1) is 6.04 Å². The minimum Gasteiger partial charge on any atom is -0.481 e. The van der Waals surface area contributed by atoms with Crippen LogP contribution in [0.3, 0.4) is 0 Å². The van der Waals surface area contributed by atoms with Crippen LogP contribution in [-0.4, -0.2) is 69.6 Å². The molecule has 1 aliphatic rings. The molecule has 2 atom stereocenters. The first kappa shape index (κ1) is 24.0. The van der Waals surface area contributed by atoms with Gasteiger partial charge in [0.1, 0.15) is 6.04 Å². The van der Waals surface area contributed by atoms with E-state index >= 15 is 0 Å². The van der Waals surface area contributed by atoms with E-state index in [2.05, 4.69) is 25.9 Å². The number of H-pyrrole nitrogens is 1. The molecule has 0 saturated carbocycles. The van der Waals surface area contributed by atoms with Crippen LogP contribution in [0.15, 0.2) is 29.1 Å². The summed E-state index contributed by atoms with van der Waals surface area (Å²) in [7, 11) is 0. The number of carboxylic acid groups (broad SMARTS) is 2. The number of aromatic amines is 1. The van der Waals surface area contributed by atoms with Crippen molar-refractivity contribution >= 4 is 47.4 Å². The Labute approximate surface area is 192 Å². The summed E-state index contributed by atoms with van der Waals surface area (Å²) in [6.45, 7) is 0.568. The van der Waals surface area contributed by atoms with Crippen LogP contribution in [0, 0.1) is 0 Å². The maximum atomic E-state index is 12.3. The second-order valence-corrected chi connectivity index (χ2v) is 7.45. The SMILES string of the molecule is Nc1nc2c(c(=O)[nH]1)N(C=O)C(CN[13c]1[13cH][13cH][13c](C(=O)N[C@@H](CCC(=O)O)C(=O)O)[13cH][13cH]1)CN2. The van der Waals surface area contributed by atoms with Crippen LogP contribution >= 0.6 is 0 Å². The van der Waals surface area contributed by atoms with Crippen molar-refractivity contribution in [1.29, 1.82) is 0 Å². The number of amides is 2. The predicted molar refractivity (Wildman–Crippen MR) is 121 cm³/mol. The van der Waals surface area contributed by atoms with Crippen molar-refractivity contribution in [2.24, 2.45) is 0 Å². The van der Waals surface area contributed by atoms with Gasteiger partial charge in [-0.15, -0.1) is 0 Å². The van der Waals surface area contributed by atoms with Gasteiger partial charge in [-0.2, -0.15) is 4.98 Å². The summed E-state index contributed by atoms with van der Waals surface area (Å²) in [5, 5.41) is 26.3. The molecule has 0 fully saturated rings. The van der Waals surface area contributed by atoms with Crippen molar-refractivity contribution < 1.29 is 29.4 Å². The number of rotatable bonds is 10. The first-order valence-electron chi connectivity index (χ1n) is 10.2. The summed E-state index contributed by atoms with van der Waals surface area (Å²) in [5.74, 6) is -3.00. The molecule has 1 aromatic carbocycles. The van der Waals surface area contributed by atoms with E-state index in [4.69, 9.17) is 10.8 Å². The van der Waals surface area contributed by atoms with Gasteiger partial charge in [0.25, 0.3) is 11.5 Å². The molecule has 14 heteroatoms. The van der Waals surface area contributed by atoms with Gasteiger partial charge in [-0.05, 0) is 30.7 Å². The number of fused-ring (bicyclic) bond motifs is 1. The number of hydrogen-bond donors (Lipinski definition) is 7. The van der Waals surface area contributed by atoms with Crippen LogP contribution in [-0.2, 0) is 14.4 Å². The van der Waals surface area contributed by atoms with E-state index in [1.165, 1.54) is 17.0 Å². The Morgan fingerprint density at radius 1 is 1.26 bits per heavy atom. The maximum absolute atomic E-state index is 12.3. The number of aliphatic carboxylic acids is 2. The van der Waals surface area contributed by atoms with Crippen LogP contribution in [0.25, 0.3) is 0 Å². The zero-order chi connectivity index (χ0) is 24.8. The molecule has 0 radical (unpaired) electrons. The predicted octanol–water partition coefficient (Wildman–Crippen LogP) is -0.731. The van der Waals surface area contributed by atoms with Crippen molar-refractivity contribution in [2.75, 3.05) is 34.4 Å². The van der Waals surface area contributed by atoms with Crippen molar-refractivity contribution in [2.45, 2.75) is 24.9 Å². The van der Waals surface area contributed by atoms with Gasteiger partial charge in [0.15, 0.2) is 11.5 Å². The van der Waals surface area contributed by atoms with Crippen molar-refractivity contribution in [3.05, 3.63) is 40.2 Å². The summed E-state index contributed by atoms with van der Waals surface area (Å²) >= 11 is 0. The molecule has 3 rings (SSSR count). The Bertz CT molecular complexity index is 1150. The fourth-order valence-electron chi connectivity index (χ4n) is 3.39. The average Bonchev–Trinajstić information content (AvgIpc) is 2.79. The first-order chi connectivity index (χ1) is 16.2. The molecule has 2 aromatic rings. The standard InChI is InChI=1S/C20H23N7O7/c21-20-25-16-15(18(32)26-20)27(9-28)12(8-23-16)7-22-11-3-1-10(2-4-11)17(31)24-13(19(33)34)5-6-14(29)30/h1-4,9,12-13,22H,5-8H2,(H,24,31)(H,29,30)(H,33,34)(H4,21,23,25,26,32)/t12?,13-/m0/s1/i1+1,2+1,3+1,4+1,10+1,11+1. The fourth-order valence-corrected chi connectivity index (χ4v) is 3.39. The maximum Gasteiger partial charge on any atom is 0.326 e. The molecule has 1 aliphatic heterocycles. The Kier molecular flexibility index (Phi) is 7.30. The number of nitrogen functional groups attached to an aromatic ring is 1. The van der Waals surface area contributed by atoms with Crippen LogP contribution in [0.1, 0.15) is 23.2 Å². The Hall–Kier alpha value is -4.62. The quantitative estimate of drug-likeness (QED) is 0.211. The number of benzene rings is 1. The highest BCUT2D eigenvalue weighted by Gasteiger charge is 2.29. The van der Waals surface area contributed by atoms with Gasteiger partial charge in [-0.25, -0.2) is 4.79 Å². The first-order valence-corrected chi connectivity index (χ1v) is 10.2. The zero-order valence-electron chi connectivity index (χ0n) is 17.8. The van der Waals surface area contributed by atoms with Crippen LogP contribution < -0.4 is 32.1 Å². The molecule has 1 unspecified atom stereocenters. The van der Waals surface area contributed by atoms with Gasteiger partial charge in [0, 0.05) is 30.8 Å². The summed E-state index contributed by atoms with van der Waals surface area (Å²) in [4.78, 5) is 65.7. The lowest BCUT2D eigenvalue weighted by Crippen LogP contribution is -2.50. The van der Waals surface area contributed by atoms with Crippen LogP contribution in [0.4, 0.5) is 23.1 Å². The summed E-state index contributed by atoms with van der Waals surface area (Å²) < 4.78 is 0. The number of carbonyl (C=O) groups is 4. The molecule has 1 aromatic heterocycles. The third-order valence-electron chi connectivity index (χ3n) is 5.12. The van der Waals surface area contributed by atoms with E-state index in [-0.39, 0.29) is 36.0 Å². The fraction of sp³-hybridized carbons (Fsp3) is 0.300. The lowest BCUT2D eigenvalue weighted by atomic mass is 10.1.